The van der Waals surface area contributed by atoms with E-state index < -0.39 is 5.60 Å². The van der Waals surface area contributed by atoms with Crippen molar-refractivity contribution in [1.82, 2.24) is 24.4 Å². The average Bonchev–Trinajstić information content (AvgIpc) is 3.29. The van der Waals surface area contributed by atoms with E-state index in [1.165, 1.54) is 12.4 Å². The summed E-state index contributed by atoms with van der Waals surface area (Å²) >= 11 is 0. The van der Waals surface area contributed by atoms with Gasteiger partial charge in [0.15, 0.2) is 5.65 Å². The van der Waals surface area contributed by atoms with Gasteiger partial charge in [0, 0.05) is 48.7 Å². The molecule has 1 fully saturated rings. The van der Waals surface area contributed by atoms with Crippen molar-refractivity contribution in [2.75, 3.05) is 18.0 Å². The topological polar surface area (TPSA) is 100 Å². The van der Waals surface area contributed by atoms with Crippen molar-refractivity contribution >= 4 is 22.9 Å². The van der Waals surface area contributed by atoms with Crippen LogP contribution in [0.1, 0.15) is 40.2 Å². The van der Waals surface area contributed by atoms with Crippen LogP contribution < -0.4 is 4.90 Å². The Bertz CT molecular complexity index is 1590. The number of rotatable bonds is 3. The van der Waals surface area contributed by atoms with Crippen LogP contribution in [0.15, 0.2) is 55.1 Å². The van der Waals surface area contributed by atoms with Crippen LogP contribution in [0, 0.1) is 17.1 Å². The van der Waals surface area contributed by atoms with Gasteiger partial charge >= 0.3 is 6.09 Å². The van der Waals surface area contributed by atoms with Crippen molar-refractivity contribution in [3.63, 3.8) is 0 Å². The summed E-state index contributed by atoms with van der Waals surface area (Å²) in [6, 6.07) is 11.7. The Morgan fingerprint density at radius 3 is 2.56 bits per heavy atom. The average molecular weight is 528 g/mol. The molecule has 200 valence electrons. The molecule has 0 saturated carbocycles. The Labute approximate surface area is 226 Å². The fourth-order valence-corrected chi connectivity index (χ4v) is 4.94. The Balaban J connectivity index is 1.64. The number of pyridine rings is 1. The van der Waals surface area contributed by atoms with Crippen LogP contribution in [-0.2, 0) is 4.74 Å². The number of carbonyl (C=O) groups excluding carboxylic acids is 1. The van der Waals surface area contributed by atoms with Crippen molar-refractivity contribution in [2.24, 2.45) is 0 Å². The quantitative estimate of drug-likeness (QED) is 0.355. The largest absolute Gasteiger partial charge is 0.444 e. The summed E-state index contributed by atoms with van der Waals surface area (Å²) in [7, 11) is 0. The molecule has 9 nitrogen and oxygen atoms in total. The highest BCUT2D eigenvalue weighted by molar-refractivity contribution is 6.02. The number of carbonyl (C=O) groups is 1. The van der Waals surface area contributed by atoms with Crippen molar-refractivity contribution in [1.29, 1.82) is 5.26 Å². The van der Waals surface area contributed by atoms with E-state index >= 15 is 4.39 Å². The third kappa shape index (κ3) is 5.00. The fraction of sp³-hybridized carbons (Fsp3) is 0.345. The molecule has 39 heavy (non-hydrogen) atoms. The lowest BCUT2D eigenvalue weighted by molar-refractivity contribution is 0.0130. The molecule has 1 amide bonds. The number of nitrogens with zero attached hydrogens (tertiary/aromatic N) is 7. The first-order valence-corrected chi connectivity index (χ1v) is 12.8. The lowest BCUT2D eigenvalue weighted by Gasteiger charge is -2.44. The van der Waals surface area contributed by atoms with Crippen molar-refractivity contribution in [2.45, 2.75) is 52.3 Å². The lowest BCUT2D eigenvalue weighted by atomic mass is 10.0. The van der Waals surface area contributed by atoms with Gasteiger partial charge in [-0.2, -0.15) is 5.26 Å². The monoisotopic (exact) mass is 527 g/mol. The van der Waals surface area contributed by atoms with Gasteiger partial charge in [-0.25, -0.2) is 24.1 Å². The van der Waals surface area contributed by atoms with Crippen LogP contribution in [-0.4, -0.2) is 61.3 Å². The Morgan fingerprint density at radius 2 is 1.85 bits per heavy atom. The maximum Gasteiger partial charge on any atom is 0.410 e. The van der Waals surface area contributed by atoms with Gasteiger partial charge in [0.25, 0.3) is 0 Å². The molecule has 0 unspecified atom stereocenters. The summed E-state index contributed by atoms with van der Waals surface area (Å²) in [5, 5.41) is 10.1. The molecule has 10 heteroatoms. The van der Waals surface area contributed by atoms with E-state index in [-0.39, 0.29) is 24.0 Å². The number of amides is 1. The van der Waals surface area contributed by atoms with E-state index in [2.05, 4.69) is 25.9 Å². The molecule has 1 saturated heterocycles. The SMILES string of the molecule is C[C@H]1CN(c2ncnc3c2c(-c2ccccc2F)cn3-c2cc(C#N)ccn2)[C@@H](C)CN1C(=O)OC(C)(C)C. The normalized spacial score (nSPS) is 17.8. The first-order chi connectivity index (χ1) is 18.6. The van der Waals surface area contributed by atoms with Crippen molar-refractivity contribution in [3.8, 4) is 23.0 Å². The predicted molar refractivity (Wildman–Crippen MR) is 146 cm³/mol. The molecule has 4 heterocycles. The fourth-order valence-electron chi connectivity index (χ4n) is 4.94. The van der Waals surface area contributed by atoms with Gasteiger partial charge in [-0.1, -0.05) is 18.2 Å². The molecule has 0 aliphatic carbocycles. The number of benzene rings is 1. The first-order valence-electron chi connectivity index (χ1n) is 12.8. The second-order valence-electron chi connectivity index (χ2n) is 10.8. The number of hydrogen-bond acceptors (Lipinski definition) is 7. The Hall–Kier alpha value is -4.52. The Kier molecular flexibility index (Phi) is 6.68. The van der Waals surface area contributed by atoms with Crippen LogP contribution >= 0.6 is 0 Å². The second kappa shape index (κ2) is 9.98. The highest BCUT2D eigenvalue weighted by atomic mass is 19.1. The molecule has 0 bridgehead atoms. The highest BCUT2D eigenvalue weighted by Gasteiger charge is 2.36. The molecular formula is C29H30FN7O2. The van der Waals surface area contributed by atoms with Crippen LogP contribution in [0.25, 0.3) is 28.0 Å². The number of fused-ring (bicyclic) bond motifs is 1. The molecule has 5 rings (SSSR count). The van der Waals surface area contributed by atoms with Gasteiger partial charge in [0.2, 0.25) is 0 Å². The number of nitriles is 1. The molecule has 2 atom stereocenters. The summed E-state index contributed by atoms with van der Waals surface area (Å²) in [4.78, 5) is 30.5. The number of piperazine rings is 1. The summed E-state index contributed by atoms with van der Waals surface area (Å²) in [5.41, 5.74) is 1.41. The van der Waals surface area contributed by atoms with Gasteiger partial charge in [-0.05, 0) is 52.8 Å². The maximum absolute atomic E-state index is 15.1. The maximum atomic E-state index is 15.1. The highest BCUT2D eigenvalue weighted by Crippen LogP contribution is 2.39. The smallest absolute Gasteiger partial charge is 0.410 e. The minimum Gasteiger partial charge on any atom is -0.444 e. The molecule has 1 aliphatic rings. The third-order valence-corrected chi connectivity index (χ3v) is 6.73. The predicted octanol–water partition coefficient (Wildman–Crippen LogP) is 5.33. The second-order valence-corrected chi connectivity index (χ2v) is 10.8. The van der Waals surface area contributed by atoms with Crippen LogP contribution in [0.3, 0.4) is 0 Å². The van der Waals surface area contributed by atoms with Crippen molar-refractivity contribution < 1.29 is 13.9 Å². The first kappa shape index (κ1) is 26.1. The Morgan fingerprint density at radius 1 is 1.08 bits per heavy atom. The minimum atomic E-state index is -0.593. The summed E-state index contributed by atoms with van der Waals surface area (Å²) in [6.07, 6.45) is 4.47. The molecular weight excluding hydrogens is 497 g/mol. The molecule has 1 aliphatic heterocycles. The molecule has 1 aromatic carbocycles. The molecule has 0 N–H and O–H groups in total. The summed E-state index contributed by atoms with van der Waals surface area (Å²) < 4.78 is 22.5. The van der Waals surface area contributed by atoms with Crippen LogP contribution in [0.4, 0.5) is 15.0 Å². The zero-order chi connectivity index (χ0) is 27.9. The van der Waals surface area contributed by atoms with Crippen LogP contribution in [0.5, 0.6) is 0 Å². The standard InChI is InChI=1S/C29H30FN7O2/c1-18-15-36(28(38)39-29(3,4)5)19(2)14-35(18)26-25-22(21-8-6-7-9-23(21)30)16-37(27(25)34-17-33-26)24-12-20(13-31)10-11-32-24/h6-12,16-19H,14-15H2,1-5H3/t18-,19-/m0/s1. The van der Waals surface area contributed by atoms with E-state index in [9.17, 15) is 10.1 Å². The van der Waals surface area contributed by atoms with E-state index in [4.69, 9.17) is 4.74 Å². The van der Waals surface area contributed by atoms with Gasteiger partial charge in [-0.15, -0.1) is 0 Å². The van der Waals surface area contributed by atoms with E-state index in [0.717, 1.165) is 0 Å². The molecule has 4 aromatic rings. The molecule has 0 spiro atoms. The molecule has 0 radical (unpaired) electrons. The number of hydrogen-bond donors (Lipinski definition) is 0. The van der Waals surface area contributed by atoms with Gasteiger partial charge in [-0.3, -0.25) is 4.57 Å². The number of ether oxygens (including phenoxy) is 1. The summed E-state index contributed by atoms with van der Waals surface area (Å²) in [5.74, 6) is 0.750. The molecule has 3 aromatic heterocycles. The van der Waals surface area contributed by atoms with Gasteiger partial charge < -0.3 is 14.5 Å². The third-order valence-electron chi connectivity index (χ3n) is 6.73. The number of halogens is 1. The number of aromatic nitrogens is 4. The zero-order valence-corrected chi connectivity index (χ0v) is 22.6. The van der Waals surface area contributed by atoms with Gasteiger partial charge in [0.05, 0.1) is 17.0 Å². The van der Waals surface area contributed by atoms with Gasteiger partial charge in [0.1, 0.15) is 29.4 Å². The number of anilines is 1. The van der Waals surface area contributed by atoms with Crippen LogP contribution in [0.2, 0.25) is 0 Å². The minimum absolute atomic E-state index is 0.108. The van der Waals surface area contributed by atoms with E-state index in [1.54, 1.807) is 52.2 Å². The lowest BCUT2D eigenvalue weighted by Crippen LogP contribution is -2.59. The van der Waals surface area contributed by atoms with Crippen molar-refractivity contribution in [3.05, 3.63) is 66.5 Å². The summed E-state index contributed by atoms with van der Waals surface area (Å²) in [6.45, 7) is 10.5. The zero-order valence-electron chi connectivity index (χ0n) is 22.6. The van der Waals surface area contributed by atoms with E-state index in [1.807, 2.05) is 34.6 Å². The van der Waals surface area contributed by atoms with E-state index in [0.29, 0.717) is 52.4 Å².